The monoisotopic (exact) mass is 363 g/mol. The van der Waals surface area contributed by atoms with Gasteiger partial charge >= 0.3 is 5.92 Å². The number of aromatic nitrogens is 1. The highest BCUT2D eigenvalue weighted by molar-refractivity contribution is 9.10. The van der Waals surface area contributed by atoms with Gasteiger partial charge in [0.15, 0.2) is 5.60 Å². The molecule has 0 aliphatic heterocycles. The summed E-state index contributed by atoms with van der Waals surface area (Å²) in [5.74, 6) is -6.04. The lowest BCUT2D eigenvalue weighted by atomic mass is 9.86. The summed E-state index contributed by atoms with van der Waals surface area (Å²) in [7, 11) is 0. The van der Waals surface area contributed by atoms with Crippen molar-refractivity contribution in [1.29, 1.82) is 0 Å². The summed E-state index contributed by atoms with van der Waals surface area (Å²) < 4.78 is 55.9. The van der Waals surface area contributed by atoms with Crippen molar-refractivity contribution in [2.45, 2.75) is 18.4 Å². The van der Waals surface area contributed by atoms with E-state index in [9.17, 15) is 22.7 Å². The molecule has 0 bridgehead atoms. The average molecular weight is 364 g/mol. The Hall–Kier alpha value is -1.47. The summed E-state index contributed by atoms with van der Waals surface area (Å²) in [6.45, 7) is 0.757. The van der Waals surface area contributed by atoms with Crippen LogP contribution in [-0.4, -0.2) is 10.1 Å². The van der Waals surface area contributed by atoms with Crippen molar-refractivity contribution < 1.29 is 22.7 Å². The van der Waals surface area contributed by atoms with E-state index in [4.69, 9.17) is 0 Å². The fraction of sp³-hybridized carbons (Fsp3) is 0.214. The van der Waals surface area contributed by atoms with Gasteiger partial charge in [-0.2, -0.15) is 8.78 Å². The molecule has 21 heavy (non-hydrogen) atoms. The molecule has 0 saturated carbocycles. The quantitative estimate of drug-likeness (QED) is 0.832. The van der Waals surface area contributed by atoms with Gasteiger partial charge in [-0.3, -0.25) is 4.98 Å². The molecule has 0 spiro atoms. The first-order valence-corrected chi connectivity index (χ1v) is 6.63. The molecule has 1 aromatic heterocycles. The lowest BCUT2D eigenvalue weighted by Gasteiger charge is -2.32. The number of hydrogen-bond acceptors (Lipinski definition) is 2. The minimum Gasteiger partial charge on any atom is -0.379 e. The minimum atomic E-state index is -3.87. The highest BCUT2D eigenvalue weighted by Crippen LogP contribution is 2.45. The molecule has 0 aliphatic carbocycles. The molecule has 0 radical (unpaired) electrons. The minimum absolute atomic E-state index is 0.439. The van der Waals surface area contributed by atoms with E-state index < -0.39 is 34.4 Å². The van der Waals surface area contributed by atoms with Crippen LogP contribution in [0.15, 0.2) is 41.0 Å². The zero-order valence-corrected chi connectivity index (χ0v) is 12.3. The Balaban J connectivity index is 2.52. The average Bonchev–Trinajstić information content (AvgIpc) is 2.38. The second kappa shape index (κ2) is 5.38. The number of alkyl halides is 2. The molecule has 1 aromatic carbocycles. The van der Waals surface area contributed by atoms with Crippen LogP contribution in [0.3, 0.4) is 0 Å². The predicted molar refractivity (Wildman–Crippen MR) is 71.8 cm³/mol. The summed E-state index contributed by atoms with van der Waals surface area (Å²) in [6, 6.07) is 4.37. The van der Waals surface area contributed by atoms with E-state index in [-0.39, 0.29) is 0 Å². The standard InChI is InChI=1S/C14H10BrF4NO/c1-13(21,10-4-3-9(16)6-11(10)17)14(18,19)12-5-2-8(15)7-20-12/h2-7,21H,1H3. The Morgan fingerprint density at radius 3 is 2.33 bits per heavy atom. The third-order valence-corrected chi connectivity index (χ3v) is 3.59. The molecular weight excluding hydrogens is 354 g/mol. The van der Waals surface area contributed by atoms with Gasteiger partial charge in [0, 0.05) is 22.3 Å². The summed E-state index contributed by atoms with van der Waals surface area (Å²) in [5.41, 5.74) is -4.32. The van der Waals surface area contributed by atoms with E-state index in [2.05, 4.69) is 20.9 Å². The molecule has 0 saturated heterocycles. The van der Waals surface area contributed by atoms with Gasteiger partial charge in [0.2, 0.25) is 0 Å². The van der Waals surface area contributed by atoms with Crippen LogP contribution in [0.25, 0.3) is 0 Å². The predicted octanol–water partition coefficient (Wildman–Crippen LogP) is 4.12. The zero-order valence-electron chi connectivity index (χ0n) is 10.7. The Morgan fingerprint density at radius 2 is 1.81 bits per heavy atom. The molecule has 2 aromatic rings. The first kappa shape index (κ1) is 15.9. The van der Waals surface area contributed by atoms with Crippen LogP contribution in [0.2, 0.25) is 0 Å². The number of halogens is 5. The maximum atomic E-state index is 14.4. The topological polar surface area (TPSA) is 33.1 Å². The van der Waals surface area contributed by atoms with Gasteiger partial charge in [-0.05, 0) is 41.1 Å². The maximum absolute atomic E-state index is 14.4. The largest absolute Gasteiger partial charge is 0.379 e. The normalized spacial score (nSPS) is 14.8. The Bertz CT molecular complexity index is 659. The molecule has 7 heteroatoms. The number of benzene rings is 1. The van der Waals surface area contributed by atoms with Crippen LogP contribution in [0, 0.1) is 11.6 Å². The molecule has 112 valence electrons. The molecule has 2 nitrogen and oxygen atoms in total. The Labute approximate surface area is 126 Å². The molecule has 0 aliphatic rings. The van der Waals surface area contributed by atoms with Crippen molar-refractivity contribution in [3.05, 3.63) is 63.9 Å². The number of pyridine rings is 1. The third-order valence-electron chi connectivity index (χ3n) is 3.12. The van der Waals surface area contributed by atoms with Crippen LogP contribution in [0.5, 0.6) is 0 Å². The highest BCUT2D eigenvalue weighted by atomic mass is 79.9. The van der Waals surface area contributed by atoms with E-state index in [1.54, 1.807) is 0 Å². The van der Waals surface area contributed by atoms with Crippen molar-refractivity contribution >= 4 is 15.9 Å². The van der Waals surface area contributed by atoms with Gasteiger partial charge in [-0.1, -0.05) is 6.07 Å². The van der Waals surface area contributed by atoms with E-state index in [1.165, 1.54) is 6.07 Å². The van der Waals surface area contributed by atoms with Crippen LogP contribution in [0.4, 0.5) is 17.6 Å². The number of rotatable bonds is 3. The SMILES string of the molecule is CC(O)(c1ccc(F)cc1F)C(F)(F)c1ccc(Br)cn1. The van der Waals surface area contributed by atoms with Crippen molar-refractivity contribution in [3.8, 4) is 0 Å². The van der Waals surface area contributed by atoms with Crippen molar-refractivity contribution in [2.24, 2.45) is 0 Å². The van der Waals surface area contributed by atoms with Crippen LogP contribution >= 0.6 is 15.9 Å². The smallest absolute Gasteiger partial charge is 0.321 e. The van der Waals surface area contributed by atoms with E-state index >= 15 is 0 Å². The van der Waals surface area contributed by atoms with Crippen molar-refractivity contribution in [3.63, 3.8) is 0 Å². The van der Waals surface area contributed by atoms with E-state index in [1.807, 2.05) is 0 Å². The number of nitrogens with zero attached hydrogens (tertiary/aromatic N) is 1. The van der Waals surface area contributed by atoms with Gasteiger partial charge in [0.05, 0.1) is 0 Å². The van der Waals surface area contributed by atoms with E-state index in [0.29, 0.717) is 10.5 Å². The van der Waals surface area contributed by atoms with E-state index in [0.717, 1.165) is 31.3 Å². The number of hydrogen-bond donors (Lipinski definition) is 1. The summed E-state index contributed by atoms with van der Waals surface area (Å²) in [4.78, 5) is 3.54. The molecule has 1 atom stereocenters. The fourth-order valence-electron chi connectivity index (χ4n) is 1.86. The lowest BCUT2D eigenvalue weighted by molar-refractivity contribution is -0.189. The Morgan fingerprint density at radius 1 is 1.14 bits per heavy atom. The molecular formula is C14H10BrF4NO. The Kier molecular flexibility index (Phi) is 4.08. The molecule has 1 heterocycles. The van der Waals surface area contributed by atoms with Crippen molar-refractivity contribution in [2.75, 3.05) is 0 Å². The third kappa shape index (κ3) is 2.80. The van der Waals surface area contributed by atoms with Gasteiger partial charge < -0.3 is 5.11 Å². The number of aliphatic hydroxyl groups is 1. The molecule has 0 fully saturated rings. The molecule has 1 unspecified atom stereocenters. The van der Waals surface area contributed by atoms with Crippen LogP contribution < -0.4 is 0 Å². The van der Waals surface area contributed by atoms with Gasteiger partial charge in [0.25, 0.3) is 0 Å². The van der Waals surface area contributed by atoms with Gasteiger partial charge in [0.1, 0.15) is 17.3 Å². The second-order valence-electron chi connectivity index (χ2n) is 4.63. The zero-order chi connectivity index (χ0) is 15.8. The van der Waals surface area contributed by atoms with Gasteiger partial charge in [-0.25, -0.2) is 8.78 Å². The van der Waals surface area contributed by atoms with Gasteiger partial charge in [-0.15, -0.1) is 0 Å². The summed E-state index contributed by atoms with van der Waals surface area (Å²) in [5, 5.41) is 10.1. The molecule has 0 amide bonds. The lowest BCUT2D eigenvalue weighted by Crippen LogP contribution is -2.42. The van der Waals surface area contributed by atoms with Crippen LogP contribution in [0.1, 0.15) is 18.2 Å². The second-order valence-corrected chi connectivity index (χ2v) is 5.55. The molecule has 1 N–H and O–H groups in total. The maximum Gasteiger partial charge on any atom is 0.321 e. The van der Waals surface area contributed by atoms with Crippen LogP contribution in [-0.2, 0) is 11.5 Å². The summed E-state index contributed by atoms with van der Waals surface area (Å²) in [6.07, 6.45) is 1.14. The summed E-state index contributed by atoms with van der Waals surface area (Å²) >= 11 is 3.06. The first-order valence-electron chi connectivity index (χ1n) is 5.84. The van der Waals surface area contributed by atoms with Crippen molar-refractivity contribution in [1.82, 2.24) is 4.98 Å². The first-order chi connectivity index (χ1) is 9.66. The fourth-order valence-corrected chi connectivity index (χ4v) is 2.10. The molecule has 2 rings (SSSR count). The highest BCUT2D eigenvalue weighted by Gasteiger charge is 2.53.